The molecular formula is C25H23Cl2FN2O4. The summed E-state index contributed by atoms with van der Waals surface area (Å²) in [4.78, 5) is 14.5. The van der Waals surface area contributed by atoms with Gasteiger partial charge in [-0.2, -0.15) is 0 Å². The minimum atomic E-state index is -0.637. The van der Waals surface area contributed by atoms with Crippen LogP contribution in [0.5, 0.6) is 11.5 Å². The Kier molecular flexibility index (Phi) is 8.03. The third-order valence-electron chi connectivity index (χ3n) is 5.40. The van der Waals surface area contributed by atoms with Crippen LogP contribution < -0.4 is 10.1 Å². The molecule has 1 heterocycles. The summed E-state index contributed by atoms with van der Waals surface area (Å²) >= 11 is 11.8. The van der Waals surface area contributed by atoms with Crippen molar-refractivity contribution in [3.8, 4) is 11.5 Å². The lowest BCUT2D eigenvalue weighted by atomic mass is 10.1. The monoisotopic (exact) mass is 504 g/mol. The summed E-state index contributed by atoms with van der Waals surface area (Å²) in [5, 5.41) is 13.7. The number of carbonyl (C=O) groups is 1. The summed E-state index contributed by atoms with van der Waals surface area (Å²) < 4.78 is 25.6. The van der Waals surface area contributed by atoms with Crippen molar-refractivity contribution in [1.29, 1.82) is 0 Å². The highest BCUT2D eigenvalue weighted by Crippen LogP contribution is 2.29. The number of morpholine rings is 1. The minimum Gasteiger partial charge on any atom is -0.454 e. The van der Waals surface area contributed by atoms with Gasteiger partial charge in [-0.3, -0.25) is 9.69 Å². The van der Waals surface area contributed by atoms with Crippen LogP contribution in [0.25, 0.3) is 0 Å². The van der Waals surface area contributed by atoms with Gasteiger partial charge < -0.3 is 19.9 Å². The van der Waals surface area contributed by atoms with E-state index in [0.29, 0.717) is 36.1 Å². The Hall–Kier alpha value is -2.68. The number of nitrogens with one attached hydrogen (secondary N) is 1. The Balaban J connectivity index is 1.36. The van der Waals surface area contributed by atoms with Crippen LogP contribution in [0, 0.1) is 5.82 Å². The van der Waals surface area contributed by atoms with Crippen LogP contribution in [0.1, 0.15) is 22.0 Å². The number of hydrogen-bond donors (Lipinski definition) is 2. The molecule has 0 aromatic heterocycles. The highest BCUT2D eigenvalue weighted by atomic mass is 35.5. The quantitative estimate of drug-likeness (QED) is 0.441. The first kappa shape index (κ1) is 24.4. The Bertz CT molecular complexity index is 1150. The van der Waals surface area contributed by atoms with Crippen molar-refractivity contribution in [2.45, 2.75) is 6.10 Å². The Morgan fingerprint density at radius 3 is 2.47 bits per heavy atom. The largest absolute Gasteiger partial charge is 0.454 e. The standard InChI is InChI=1S/C25H23Cl2FN2O4/c26-20-7-3-17(13-21(20)27)25(32)29-18-4-8-24(22(28)14-18)34-19-5-1-16(2-6-19)23(31)15-30-9-11-33-12-10-30/h1-8,13-14,23,31H,9-12,15H2,(H,29,32). The van der Waals surface area contributed by atoms with Gasteiger partial charge in [-0.05, 0) is 48.0 Å². The molecule has 0 aliphatic carbocycles. The Morgan fingerprint density at radius 1 is 1.06 bits per heavy atom. The van der Waals surface area contributed by atoms with Gasteiger partial charge in [-0.25, -0.2) is 4.39 Å². The molecule has 178 valence electrons. The maximum Gasteiger partial charge on any atom is 0.255 e. The number of benzene rings is 3. The van der Waals surface area contributed by atoms with Gasteiger partial charge in [0.2, 0.25) is 0 Å². The first-order valence-corrected chi connectivity index (χ1v) is 11.5. The summed E-state index contributed by atoms with van der Waals surface area (Å²) in [6, 6.07) is 15.5. The maximum absolute atomic E-state index is 14.6. The van der Waals surface area contributed by atoms with E-state index < -0.39 is 17.8 Å². The van der Waals surface area contributed by atoms with Gasteiger partial charge in [-0.15, -0.1) is 0 Å². The molecule has 4 rings (SSSR count). The third kappa shape index (κ3) is 6.25. The molecule has 1 aliphatic rings. The topological polar surface area (TPSA) is 71.0 Å². The molecule has 0 saturated carbocycles. The first-order chi connectivity index (χ1) is 16.4. The second kappa shape index (κ2) is 11.2. The molecule has 2 N–H and O–H groups in total. The molecule has 0 bridgehead atoms. The van der Waals surface area contributed by atoms with E-state index >= 15 is 0 Å². The normalized spacial score (nSPS) is 15.1. The fourth-order valence-electron chi connectivity index (χ4n) is 3.52. The third-order valence-corrected chi connectivity index (χ3v) is 6.14. The van der Waals surface area contributed by atoms with Crippen LogP contribution in [0.15, 0.2) is 60.7 Å². The molecule has 3 aromatic rings. The SMILES string of the molecule is O=C(Nc1ccc(Oc2ccc(C(O)CN3CCOCC3)cc2)c(F)c1)c1ccc(Cl)c(Cl)c1. The van der Waals surface area contributed by atoms with Gasteiger partial charge in [0.25, 0.3) is 5.91 Å². The Labute approximate surface area is 206 Å². The molecule has 1 aliphatic heterocycles. The van der Waals surface area contributed by atoms with Crippen LogP contribution in [-0.2, 0) is 4.74 Å². The minimum absolute atomic E-state index is 0.00847. The van der Waals surface area contributed by atoms with Gasteiger partial charge >= 0.3 is 0 Å². The van der Waals surface area contributed by atoms with E-state index in [1.165, 1.54) is 36.4 Å². The molecule has 1 saturated heterocycles. The number of aliphatic hydroxyl groups excluding tert-OH is 1. The number of amides is 1. The van der Waals surface area contributed by atoms with Crippen molar-refractivity contribution in [3.05, 3.63) is 87.7 Å². The molecule has 6 nitrogen and oxygen atoms in total. The fraction of sp³-hybridized carbons (Fsp3) is 0.240. The summed E-state index contributed by atoms with van der Waals surface area (Å²) in [6.07, 6.45) is -0.637. The molecule has 1 unspecified atom stereocenters. The molecule has 1 fully saturated rings. The summed E-state index contributed by atoms with van der Waals surface area (Å²) in [7, 11) is 0. The van der Waals surface area contributed by atoms with Crippen molar-refractivity contribution in [1.82, 2.24) is 4.90 Å². The highest BCUT2D eigenvalue weighted by molar-refractivity contribution is 6.42. The van der Waals surface area contributed by atoms with Crippen LogP contribution >= 0.6 is 23.2 Å². The molecule has 1 amide bonds. The number of anilines is 1. The second-order valence-corrected chi connectivity index (χ2v) is 8.64. The molecule has 1 atom stereocenters. The van der Waals surface area contributed by atoms with Gasteiger partial charge in [0.05, 0.1) is 29.4 Å². The summed E-state index contributed by atoms with van der Waals surface area (Å²) in [6.45, 7) is 3.45. The number of halogens is 3. The van der Waals surface area contributed by atoms with E-state index in [9.17, 15) is 14.3 Å². The predicted molar refractivity (Wildman–Crippen MR) is 130 cm³/mol. The Morgan fingerprint density at radius 2 is 1.79 bits per heavy atom. The van der Waals surface area contributed by atoms with Gasteiger partial charge in [-0.1, -0.05) is 35.3 Å². The zero-order chi connectivity index (χ0) is 24.1. The van der Waals surface area contributed by atoms with Crippen LogP contribution in [0.2, 0.25) is 10.0 Å². The smallest absolute Gasteiger partial charge is 0.255 e. The number of hydrogen-bond acceptors (Lipinski definition) is 5. The molecule has 34 heavy (non-hydrogen) atoms. The van der Waals surface area contributed by atoms with E-state index in [0.717, 1.165) is 18.7 Å². The van der Waals surface area contributed by atoms with E-state index in [-0.39, 0.29) is 16.5 Å². The van der Waals surface area contributed by atoms with E-state index in [1.807, 2.05) is 0 Å². The number of aliphatic hydroxyl groups is 1. The second-order valence-electron chi connectivity index (χ2n) is 7.83. The number of rotatable bonds is 7. The zero-order valence-corrected chi connectivity index (χ0v) is 19.7. The molecule has 3 aromatic carbocycles. The van der Waals surface area contributed by atoms with E-state index in [4.69, 9.17) is 32.7 Å². The van der Waals surface area contributed by atoms with E-state index in [2.05, 4.69) is 10.2 Å². The van der Waals surface area contributed by atoms with Gasteiger partial charge in [0.15, 0.2) is 11.6 Å². The molecular weight excluding hydrogens is 482 g/mol. The van der Waals surface area contributed by atoms with Crippen molar-refractivity contribution in [2.75, 3.05) is 38.2 Å². The first-order valence-electron chi connectivity index (χ1n) is 10.7. The number of β-amino-alcohol motifs (C(OH)–C–C–N with tert-alkyl or cyclic N) is 1. The lowest BCUT2D eigenvalue weighted by molar-refractivity contribution is 0.0143. The van der Waals surface area contributed by atoms with Crippen LogP contribution in [0.3, 0.4) is 0 Å². The lowest BCUT2D eigenvalue weighted by Crippen LogP contribution is -2.38. The summed E-state index contributed by atoms with van der Waals surface area (Å²) in [5.41, 5.74) is 1.31. The van der Waals surface area contributed by atoms with Gasteiger partial charge in [0.1, 0.15) is 5.75 Å². The molecule has 0 spiro atoms. The number of nitrogens with zero attached hydrogens (tertiary/aromatic N) is 1. The fourth-order valence-corrected chi connectivity index (χ4v) is 3.82. The van der Waals surface area contributed by atoms with Crippen molar-refractivity contribution in [2.24, 2.45) is 0 Å². The van der Waals surface area contributed by atoms with Gasteiger partial charge in [0, 0.05) is 37.0 Å². The van der Waals surface area contributed by atoms with Crippen LogP contribution in [-0.4, -0.2) is 48.8 Å². The lowest BCUT2D eigenvalue weighted by Gasteiger charge is -2.28. The molecule has 0 radical (unpaired) electrons. The number of ether oxygens (including phenoxy) is 2. The van der Waals surface area contributed by atoms with E-state index in [1.54, 1.807) is 24.3 Å². The predicted octanol–water partition coefficient (Wildman–Crippen LogP) is 5.54. The van der Waals surface area contributed by atoms with Crippen molar-refractivity contribution in [3.63, 3.8) is 0 Å². The average molecular weight is 505 g/mol. The van der Waals surface area contributed by atoms with Crippen molar-refractivity contribution < 1.29 is 23.8 Å². The van der Waals surface area contributed by atoms with Crippen molar-refractivity contribution >= 4 is 34.8 Å². The summed E-state index contributed by atoms with van der Waals surface area (Å²) in [5.74, 6) is -0.649. The number of carbonyl (C=O) groups excluding carboxylic acids is 1. The maximum atomic E-state index is 14.6. The average Bonchev–Trinajstić information content (AvgIpc) is 2.83. The van der Waals surface area contributed by atoms with Crippen LogP contribution in [0.4, 0.5) is 10.1 Å². The highest BCUT2D eigenvalue weighted by Gasteiger charge is 2.17. The molecule has 9 heteroatoms. The zero-order valence-electron chi connectivity index (χ0n) is 18.1.